The van der Waals surface area contributed by atoms with Crippen LogP contribution in [0.3, 0.4) is 0 Å². The summed E-state index contributed by atoms with van der Waals surface area (Å²) in [6, 6.07) is 1.10. The van der Waals surface area contributed by atoms with Crippen LogP contribution in [0, 0.1) is 0 Å². The van der Waals surface area contributed by atoms with Crippen LogP contribution in [0.25, 0.3) is 0 Å². The van der Waals surface area contributed by atoms with Crippen LogP contribution < -0.4 is 16.6 Å². The van der Waals surface area contributed by atoms with E-state index in [4.69, 9.17) is 0 Å². The largest absolute Gasteiger partial charge is 0.468 e. The molecule has 17 heavy (non-hydrogen) atoms. The molecule has 1 amide bonds. The summed E-state index contributed by atoms with van der Waals surface area (Å²) in [6.45, 7) is -0.261. The molecule has 0 saturated carbocycles. The zero-order valence-corrected chi connectivity index (χ0v) is 9.03. The first-order chi connectivity index (χ1) is 8.01. The third-order valence-electron chi connectivity index (χ3n) is 1.82. The number of carbonyl (C=O) groups excluding carboxylic acids is 2. The lowest BCUT2D eigenvalue weighted by atomic mass is 10.3. The summed E-state index contributed by atoms with van der Waals surface area (Å²) in [4.78, 5) is 48.1. The first-order valence-corrected chi connectivity index (χ1v) is 4.67. The molecule has 0 fully saturated rings. The Morgan fingerprint density at radius 2 is 2.06 bits per heavy atom. The van der Waals surface area contributed by atoms with Crippen molar-refractivity contribution in [3.8, 4) is 0 Å². The third-order valence-corrected chi connectivity index (χ3v) is 1.82. The molecule has 0 spiro atoms. The Hall–Kier alpha value is -2.38. The summed E-state index contributed by atoms with van der Waals surface area (Å²) in [5.74, 6) is -1.09. The van der Waals surface area contributed by atoms with Crippen LogP contribution >= 0.6 is 0 Å². The van der Waals surface area contributed by atoms with Crippen LogP contribution in [0.4, 0.5) is 0 Å². The monoisotopic (exact) mass is 241 g/mol. The van der Waals surface area contributed by atoms with Crippen LogP contribution in [0.5, 0.6) is 0 Å². The van der Waals surface area contributed by atoms with Crippen molar-refractivity contribution in [2.45, 2.75) is 6.42 Å². The lowest BCUT2D eigenvalue weighted by Crippen LogP contribution is -2.32. The summed E-state index contributed by atoms with van der Waals surface area (Å²) < 4.78 is 4.32. The molecule has 0 aliphatic heterocycles. The lowest BCUT2D eigenvalue weighted by molar-refractivity contribution is -0.141. The number of rotatable bonds is 4. The average Bonchev–Trinajstić information content (AvgIpc) is 2.24. The van der Waals surface area contributed by atoms with E-state index in [-0.39, 0.29) is 18.7 Å². The number of hydrogen-bond donors (Lipinski definition) is 3. The van der Waals surface area contributed by atoms with Crippen molar-refractivity contribution in [2.75, 3.05) is 13.7 Å². The number of methoxy groups -OCH3 is 1. The molecule has 0 aliphatic carbocycles. The normalized spacial score (nSPS) is 9.71. The van der Waals surface area contributed by atoms with Crippen molar-refractivity contribution in [3.05, 3.63) is 32.6 Å². The van der Waals surface area contributed by atoms with Crippen molar-refractivity contribution in [1.82, 2.24) is 15.3 Å². The molecule has 0 atom stereocenters. The van der Waals surface area contributed by atoms with Crippen LogP contribution in [0.15, 0.2) is 15.7 Å². The number of hydrogen-bond acceptors (Lipinski definition) is 5. The fraction of sp³-hybridized carbons (Fsp3) is 0.333. The molecule has 8 heteroatoms. The summed E-state index contributed by atoms with van der Waals surface area (Å²) in [5.41, 5.74) is -1.11. The number of aromatic nitrogens is 2. The van der Waals surface area contributed by atoms with Gasteiger partial charge in [-0.05, 0) is 0 Å². The molecule has 0 radical (unpaired) electrons. The average molecular weight is 241 g/mol. The van der Waals surface area contributed by atoms with Gasteiger partial charge in [0.2, 0.25) is 5.91 Å². The van der Waals surface area contributed by atoms with Gasteiger partial charge in [0.15, 0.2) is 0 Å². The fourth-order valence-electron chi connectivity index (χ4n) is 1.09. The maximum atomic E-state index is 11.3. The number of nitrogens with one attached hydrogen (secondary N) is 3. The summed E-state index contributed by atoms with van der Waals surface area (Å²) in [6.07, 6.45) is -0.198. The molecule has 1 heterocycles. The molecule has 3 N–H and O–H groups in total. The van der Waals surface area contributed by atoms with Crippen LogP contribution in [-0.2, 0) is 20.7 Å². The molecule has 0 unspecified atom stereocenters. The van der Waals surface area contributed by atoms with Crippen LogP contribution in [-0.4, -0.2) is 35.5 Å². The summed E-state index contributed by atoms with van der Waals surface area (Å²) in [7, 11) is 1.20. The molecule has 0 bridgehead atoms. The molecule has 8 nitrogen and oxygen atoms in total. The number of carbonyl (C=O) groups is 2. The van der Waals surface area contributed by atoms with Gasteiger partial charge in [-0.2, -0.15) is 0 Å². The molecule has 0 aromatic carbocycles. The second-order valence-corrected chi connectivity index (χ2v) is 3.14. The minimum atomic E-state index is -0.687. The summed E-state index contributed by atoms with van der Waals surface area (Å²) in [5, 5.41) is 2.27. The van der Waals surface area contributed by atoms with Gasteiger partial charge in [-0.1, -0.05) is 0 Å². The van der Waals surface area contributed by atoms with Crippen molar-refractivity contribution in [2.24, 2.45) is 0 Å². The lowest BCUT2D eigenvalue weighted by Gasteiger charge is -2.03. The minimum Gasteiger partial charge on any atom is -0.468 e. The van der Waals surface area contributed by atoms with Gasteiger partial charge in [0, 0.05) is 11.8 Å². The number of H-pyrrole nitrogens is 2. The van der Waals surface area contributed by atoms with Gasteiger partial charge >= 0.3 is 11.7 Å². The van der Waals surface area contributed by atoms with E-state index >= 15 is 0 Å². The Kier molecular flexibility index (Phi) is 4.21. The highest BCUT2D eigenvalue weighted by atomic mass is 16.5. The third kappa shape index (κ3) is 4.33. The van der Waals surface area contributed by atoms with Crippen molar-refractivity contribution >= 4 is 11.9 Å². The summed E-state index contributed by atoms with van der Waals surface area (Å²) >= 11 is 0. The highest BCUT2D eigenvalue weighted by Crippen LogP contribution is 1.87. The highest BCUT2D eigenvalue weighted by Gasteiger charge is 2.07. The van der Waals surface area contributed by atoms with Gasteiger partial charge in [0.1, 0.15) is 6.54 Å². The molecule has 0 saturated heterocycles. The molecule has 92 valence electrons. The fourth-order valence-corrected chi connectivity index (χ4v) is 1.09. The van der Waals surface area contributed by atoms with E-state index in [1.165, 1.54) is 7.11 Å². The van der Waals surface area contributed by atoms with Gasteiger partial charge in [0.25, 0.3) is 5.56 Å². The number of aromatic amines is 2. The number of amides is 1. The van der Waals surface area contributed by atoms with E-state index in [1.807, 2.05) is 4.98 Å². The Balaban J connectivity index is 2.59. The second kappa shape index (κ2) is 5.64. The van der Waals surface area contributed by atoms with Crippen molar-refractivity contribution in [3.63, 3.8) is 0 Å². The maximum absolute atomic E-state index is 11.3. The molecule has 0 aliphatic rings. The number of ether oxygens (including phenoxy) is 1. The van der Waals surface area contributed by atoms with E-state index in [1.54, 1.807) is 0 Å². The van der Waals surface area contributed by atoms with Crippen LogP contribution in [0.2, 0.25) is 0 Å². The van der Waals surface area contributed by atoms with E-state index in [0.717, 1.165) is 6.07 Å². The minimum absolute atomic E-state index is 0.168. The van der Waals surface area contributed by atoms with Gasteiger partial charge in [-0.25, -0.2) is 4.79 Å². The Labute approximate surface area is 95.0 Å². The van der Waals surface area contributed by atoms with Gasteiger partial charge in [-0.3, -0.25) is 19.4 Å². The predicted molar refractivity (Wildman–Crippen MR) is 56.4 cm³/mol. The molecule has 1 aromatic rings. The van der Waals surface area contributed by atoms with E-state index in [9.17, 15) is 19.2 Å². The van der Waals surface area contributed by atoms with Crippen LogP contribution in [0.1, 0.15) is 5.69 Å². The Bertz CT molecular complexity index is 502. The molecule has 1 aromatic heterocycles. The second-order valence-electron chi connectivity index (χ2n) is 3.14. The van der Waals surface area contributed by atoms with Gasteiger partial charge in [-0.15, -0.1) is 0 Å². The zero-order chi connectivity index (χ0) is 12.8. The smallest absolute Gasteiger partial charge is 0.325 e. The van der Waals surface area contributed by atoms with Gasteiger partial charge in [0.05, 0.1) is 13.5 Å². The maximum Gasteiger partial charge on any atom is 0.325 e. The molecular formula is C9H11N3O5. The topological polar surface area (TPSA) is 121 Å². The molecule has 1 rings (SSSR count). The quantitative estimate of drug-likeness (QED) is 0.521. The number of esters is 1. The predicted octanol–water partition coefficient (Wildman–Crippen LogP) is -2.11. The van der Waals surface area contributed by atoms with E-state index < -0.39 is 23.1 Å². The Morgan fingerprint density at radius 1 is 1.35 bits per heavy atom. The van der Waals surface area contributed by atoms with Crippen molar-refractivity contribution in [1.29, 1.82) is 0 Å². The highest BCUT2D eigenvalue weighted by molar-refractivity contribution is 5.83. The SMILES string of the molecule is COC(=O)CNC(=O)Cc1cc(=O)[nH]c(=O)[nH]1. The first kappa shape index (κ1) is 12.7. The van der Waals surface area contributed by atoms with E-state index in [0.29, 0.717) is 0 Å². The Morgan fingerprint density at radius 3 is 2.65 bits per heavy atom. The first-order valence-electron chi connectivity index (χ1n) is 4.67. The van der Waals surface area contributed by atoms with E-state index in [2.05, 4.69) is 15.0 Å². The van der Waals surface area contributed by atoms with Gasteiger partial charge < -0.3 is 15.0 Å². The van der Waals surface area contributed by atoms with Crippen molar-refractivity contribution < 1.29 is 14.3 Å². The standard InChI is InChI=1S/C9H11N3O5/c1-17-8(15)4-10-6(13)2-5-3-7(14)12-9(16)11-5/h3H,2,4H2,1H3,(H,10,13)(H2,11,12,14,16). The zero-order valence-electron chi connectivity index (χ0n) is 9.03. The molecular weight excluding hydrogens is 230 g/mol.